The molecule has 4 heteroatoms. The van der Waals surface area contributed by atoms with E-state index in [0.717, 1.165) is 18.4 Å². The number of ether oxygens (including phenoxy) is 1. The molecule has 0 saturated carbocycles. The fraction of sp³-hybridized carbons (Fsp3) is 0.600. The topological polar surface area (TPSA) is 35.2 Å². The number of halogens is 2. The molecule has 0 radical (unpaired) electrons. The van der Waals surface area contributed by atoms with E-state index in [2.05, 4.69) is 11.7 Å². The van der Waals surface area contributed by atoms with Gasteiger partial charge in [0.1, 0.15) is 5.75 Å². The Hall–Kier alpha value is -1.16. The Labute approximate surface area is 114 Å². The van der Waals surface area contributed by atoms with Crippen LogP contribution in [-0.2, 0) is 0 Å². The van der Waals surface area contributed by atoms with E-state index in [1.807, 2.05) is 6.07 Å². The Bertz CT molecular complexity index is 358. The third kappa shape index (κ3) is 6.53. The van der Waals surface area contributed by atoms with Gasteiger partial charge in [-0.3, -0.25) is 0 Å². The lowest BCUT2D eigenvalue weighted by atomic mass is 10.0. The van der Waals surface area contributed by atoms with Gasteiger partial charge in [0.25, 0.3) is 0 Å². The Morgan fingerprint density at radius 2 is 1.89 bits per heavy atom. The average Bonchev–Trinajstić information content (AvgIpc) is 2.38. The predicted octanol–water partition coefficient (Wildman–Crippen LogP) is 4.65. The number of benzene rings is 1. The third-order valence-corrected chi connectivity index (χ3v) is 3.13. The van der Waals surface area contributed by atoms with Gasteiger partial charge in [-0.1, -0.05) is 51.2 Å². The maximum atomic E-state index is 12.1. The van der Waals surface area contributed by atoms with Gasteiger partial charge in [0.05, 0.1) is 0 Å². The van der Waals surface area contributed by atoms with E-state index in [1.165, 1.54) is 31.7 Å². The summed E-state index contributed by atoms with van der Waals surface area (Å²) >= 11 is 0. The molecular formula is C15H23F2NO. The average molecular weight is 271 g/mol. The van der Waals surface area contributed by atoms with Crippen LogP contribution in [0.25, 0.3) is 0 Å². The van der Waals surface area contributed by atoms with Crippen LogP contribution in [-0.4, -0.2) is 6.61 Å². The third-order valence-electron chi connectivity index (χ3n) is 3.13. The fourth-order valence-corrected chi connectivity index (χ4v) is 2.06. The molecule has 0 bridgehead atoms. The normalized spacial score (nSPS) is 12.7. The van der Waals surface area contributed by atoms with E-state index in [1.54, 1.807) is 12.1 Å². The Morgan fingerprint density at radius 1 is 1.16 bits per heavy atom. The second kappa shape index (κ2) is 8.86. The maximum absolute atomic E-state index is 12.1. The number of nitrogens with two attached hydrogens (primary N) is 1. The molecule has 108 valence electrons. The first-order chi connectivity index (χ1) is 9.13. The van der Waals surface area contributed by atoms with Crippen LogP contribution in [0.15, 0.2) is 24.3 Å². The number of hydrogen-bond donors (Lipinski definition) is 1. The molecule has 1 unspecified atom stereocenters. The largest absolute Gasteiger partial charge is 0.435 e. The highest BCUT2D eigenvalue weighted by atomic mass is 19.3. The van der Waals surface area contributed by atoms with Gasteiger partial charge < -0.3 is 10.5 Å². The molecule has 2 N–H and O–H groups in total. The minimum atomic E-state index is -2.79. The molecule has 2 nitrogen and oxygen atoms in total. The summed E-state index contributed by atoms with van der Waals surface area (Å²) in [5.74, 6) is 0.175. The van der Waals surface area contributed by atoms with Gasteiger partial charge in [-0.25, -0.2) is 0 Å². The van der Waals surface area contributed by atoms with Crippen molar-refractivity contribution in [3.63, 3.8) is 0 Å². The first-order valence-electron chi connectivity index (χ1n) is 6.93. The first-order valence-corrected chi connectivity index (χ1v) is 6.93. The smallest absolute Gasteiger partial charge is 0.387 e. The van der Waals surface area contributed by atoms with E-state index in [-0.39, 0.29) is 11.8 Å². The lowest BCUT2D eigenvalue weighted by molar-refractivity contribution is -0.0499. The molecule has 0 amide bonds. The van der Waals surface area contributed by atoms with Gasteiger partial charge in [-0.15, -0.1) is 0 Å². The molecule has 19 heavy (non-hydrogen) atoms. The number of rotatable bonds is 9. The van der Waals surface area contributed by atoms with Crippen molar-refractivity contribution >= 4 is 0 Å². The van der Waals surface area contributed by atoms with Crippen molar-refractivity contribution in [2.75, 3.05) is 0 Å². The summed E-state index contributed by atoms with van der Waals surface area (Å²) in [6.45, 7) is -0.610. The number of hydrogen-bond acceptors (Lipinski definition) is 2. The second-order valence-electron chi connectivity index (χ2n) is 4.76. The molecule has 1 atom stereocenters. The van der Waals surface area contributed by atoms with Gasteiger partial charge in [-0.05, 0) is 24.1 Å². The second-order valence-corrected chi connectivity index (χ2v) is 4.76. The zero-order valence-electron chi connectivity index (χ0n) is 11.4. The summed E-state index contributed by atoms with van der Waals surface area (Å²) in [6, 6.07) is 6.56. The molecular weight excluding hydrogens is 248 g/mol. The summed E-state index contributed by atoms with van der Waals surface area (Å²) in [4.78, 5) is 0. The van der Waals surface area contributed by atoms with Crippen LogP contribution in [0.1, 0.15) is 57.1 Å². The van der Waals surface area contributed by atoms with Crippen LogP contribution in [0.5, 0.6) is 5.75 Å². The van der Waals surface area contributed by atoms with Crippen LogP contribution < -0.4 is 10.5 Å². The highest BCUT2D eigenvalue weighted by Gasteiger charge is 2.09. The summed E-state index contributed by atoms with van der Waals surface area (Å²) in [6.07, 6.45) is 6.83. The highest BCUT2D eigenvalue weighted by molar-refractivity contribution is 5.30. The van der Waals surface area contributed by atoms with E-state index < -0.39 is 6.61 Å². The molecule has 0 fully saturated rings. The minimum absolute atomic E-state index is 0.108. The number of alkyl halides is 2. The Kier molecular flexibility index (Phi) is 7.41. The van der Waals surface area contributed by atoms with Crippen molar-refractivity contribution in [1.29, 1.82) is 0 Å². The summed E-state index contributed by atoms with van der Waals surface area (Å²) in [5, 5.41) is 0. The fourth-order valence-electron chi connectivity index (χ4n) is 2.06. The molecule has 1 rings (SSSR count). The zero-order valence-corrected chi connectivity index (χ0v) is 11.4. The molecule has 0 aliphatic carbocycles. The molecule has 1 aromatic carbocycles. The minimum Gasteiger partial charge on any atom is -0.435 e. The van der Waals surface area contributed by atoms with Crippen molar-refractivity contribution in [2.45, 2.75) is 58.1 Å². The predicted molar refractivity (Wildman–Crippen MR) is 73.4 cm³/mol. The van der Waals surface area contributed by atoms with Crippen molar-refractivity contribution in [3.8, 4) is 5.75 Å². The lowest BCUT2D eigenvalue weighted by Crippen LogP contribution is -2.10. The summed E-state index contributed by atoms with van der Waals surface area (Å²) < 4.78 is 28.6. The van der Waals surface area contributed by atoms with E-state index in [4.69, 9.17) is 5.73 Å². The Balaban J connectivity index is 2.40. The van der Waals surface area contributed by atoms with E-state index >= 15 is 0 Å². The molecule has 0 saturated heterocycles. The quantitative estimate of drug-likeness (QED) is 0.664. The van der Waals surface area contributed by atoms with Gasteiger partial charge in [0.15, 0.2) is 0 Å². The van der Waals surface area contributed by atoms with Crippen LogP contribution in [0.3, 0.4) is 0 Å². The SMILES string of the molecule is CCCCCCCC(N)c1cccc(OC(F)F)c1. The monoisotopic (exact) mass is 271 g/mol. The molecule has 0 heterocycles. The van der Waals surface area contributed by atoms with Gasteiger partial charge in [-0.2, -0.15) is 8.78 Å². The number of unbranched alkanes of at least 4 members (excludes halogenated alkanes) is 4. The standard InChI is InChI=1S/C15H23F2NO/c1-2-3-4-5-6-10-14(18)12-8-7-9-13(11-12)19-15(16)17/h7-9,11,14-15H,2-6,10,18H2,1H3. The highest BCUT2D eigenvalue weighted by Crippen LogP contribution is 2.23. The van der Waals surface area contributed by atoms with Crippen LogP contribution in [0.2, 0.25) is 0 Å². The van der Waals surface area contributed by atoms with E-state index in [0.29, 0.717) is 0 Å². The molecule has 1 aromatic rings. The van der Waals surface area contributed by atoms with Crippen molar-refractivity contribution in [2.24, 2.45) is 5.73 Å². The van der Waals surface area contributed by atoms with Crippen LogP contribution in [0.4, 0.5) is 8.78 Å². The molecule has 0 aliphatic rings. The van der Waals surface area contributed by atoms with Crippen molar-refractivity contribution < 1.29 is 13.5 Å². The van der Waals surface area contributed by atoms with Gasteiger partial charge >= 0.3 is 6.61 Å². The van der Waals surface area contributed by atoms with Gasteiger partial charge in [0, 0.05) is 6.04 Å². The Morgan fingerprint density at radius 3 is 2.58 bits per heavy atom. The molecule has 0 spiro atoms. The van der Waals surface area contributed by atoms with Gasteiger partial charge in [0.2, 0.25) is 0 Å². The van der Waals surface area contributed by atoms with Crippen molar-refractivity contribution in [1.82, 2.24) is 0 Å². The van der Waals surface area contributed by atoms with Crippen molar-refractivity contribution in [3.05, 3.63) is 29.8 Å². The molecule has 0 aromatic heterocycles. The maximum Gasteiger partial charge on any atom is 0.387 e. The summed E-state index contributed by atoms with van der Waals surface area (Å²) in [7, 11) is 0. The van der Waals surface area contributed by atoms with Crippen LogP contribution in [0, 0.1) is 0 Å². The van der Waals surface area contributed by atoms with Crippen LogP contribution >= 0.6 is 0 Å². The lowest BCUT2D eigenvalue weighted by Gasteiger charge is -2.13. The summed E-state index contributed by atoms with van der Waals surface area (Å²) in [5.41, 5.74) is 6.92. The van der Waals surface area contributed by atoms with E-state index in [9.17, 15) is 8.78 Å². The zero-order chi connectivity index (χ0) is 14.1. The molecule has 0 aliphatic heterocycles. The first kappa shape index (κ1) is 15.9.